The molecule has 0 fully saturated rings. The minimum Gasteiger partial charge on any atom is -0.363 e. The molecule has 3 rings (SSSR count). The zero-order valence-corrected chi connectivity index (χ0v) is 16.0. The topological polar surface area (TPSA) is 68.5 Å². The third-order valence-electron chi connectivity index (χ3n) is 4.31. The van der Waals surface area contributed by atoms with Crippen molar-refractivity contribution in [1.29, 1.82) is 0 Å². The first kappa shape index (κ1) is 18.0. The molecular formula is C20H26N6. The van der Waals surface area contributed by atoms with Gasteiger partial charge in [0.05, 0.1) is 5.69 Å². The van der Waals surface area contributed by atoms with Crippen LogP contribution in [-0.2, 0) is 0 Å². The molecular weight excluding hydrogens is 324 g/mol. The molecule has 26 heavy (non-hydrogen) atoms. The number of aromatic nitrogens is 5. The summed E-state index contributed by atoms with van der Waals surface area (Å²) in [5, 5.41) is 7.67. The Labute approximate surface area is 154 Å². The predicted octanol–water partition coefficient (Wildman–Crippen LogP) is 4.48. The number of anilines is 1. The molecule has 3 aromatic rings. The van der Waals surface area contributed by atoms with E-state index in [0.717, 1.165) is 23.0 Å². The molecule has 0 aliphatic heterocycles. The second-order valence-corrected chi connectivity index (χ2v) is 7.14. The van der Waals surface area contributed by atoms with Gasteiger partial charge in [0.1, 0.15) is 24.3 Å². The molecule has 0 bridgehead atoms. The van der Waals surface area contributed by atoms with E-state index < -0.39 is 0 Å². The average Bonchev–Trinajstić information content (AvgIpc) is 3.16. The Hall–Kier alpha value is -2.76. The van der Waals surface area contributed by atoms with Crippen LogP contribution in [0.25, 0.3) is 5.69 Å². The molecule has 0 saturated carbocycles. The standard InChI is InChI=1S/C20H26N6/c1-13(2)18-10-19(25-20(24-18)14(3)4)23-15(5)16-6-8-17(9-7-16)26-12-21-11-22-26/h6-15H,1-5H3,(H,23,24,25). The van der Waals surface area contributed by atoms with Crippen molar-refractivity contribution in [2.24, 2.45) is 0 Å². The van der Waals surface area contributed by atoms with Crippen molar-refractivity contribution in [1.82, 2.24) is 24.7 Å². The Balaban J connectivity index is 1.80. The van der Waals surface area contributed by atoms with E-state index in [-0.39, 0.29) is 6.04 Å². The van der Waals surface area contributed by atoms with Gasteiger partial charge in [-0.05, 0) is 30.5 Å². The smallest absolute Gasteiger partial charge is 0.138 e. The van der Waals surface area contributed by atoms with Crippen molar-refractivity contribution in [2.75, 3.05) is 5.32 Å². The quantitative estimate of drug-likeness (QED) is 0.710. The monoisotopic (exact) mass is 350 g/mol. The van der Waals surface area contributed by atoms with Crippen molar-refractivity contribution in [2.45, 2.75) is 52.5 Å². The van der Waals surface area contributed by atoms with Gasteiger partial charge in [0.2, 0.25) is 0 Å². The second kappa shape index (κ2) is 7.64. The number of nitrogens with zero attached hydrogens (tertiary/aromatic N) is 5. The van der Waals surface area contributed by atoms with Gasteiger partial charge in [-0.3, -0.25) is 0 Å². The fourth-order valence-electron chi connectivity index (χ4n) is 2.68. The van der Waals surface area contributed by atoms with E-state index in [1.54, 1.807) is 11.0 Å². The summed E-state index contributed by atoms with van der Waals surface area (Å²) in [5.41, 5.74) is 3.24. The summed E-state index contributed by atoms with van der Waals surface area (Å²) >= 11 is 0. The fraction of sp³-hybridized carbons (Fsp3) is 0.400. The molecule has 0 aliphatic carbocycles. The summed E-state index contributed by atoms with van der Waals surface area (Å²) in [6.07, 6.45) is 3.23. The summed E-state index contributed by atoms with van der Waals surface area (Å²) in [6.45, 7) is 10.7. The lowest BCUT2D eigenvalue weighted by atomic mass is 10.1. The molecule has 2 aromatic heterocycles. The van der Waals surface area contributed by atoms with Gasteiger partial charge >= 0.3 is 0 Å². The van der Waals surface area contributed by atoms with Gasteiger partial charge in [-0.15, -0.1) is 0 Å². The maximum absolute atomic E-state index is 4.69. The van der Waals surface area contributed by atoms with E-state index in [1.807, 2.05) is 12.1 Å². The van der Waals surface area contributed by atoms with Crippen molar-refractivity contribution in [3.63, 3.8) is 0 Å². The van der Waals surface area contributed by atoms with Crippen LogP contribution in [0.4, 0.5) is 5.82 Å². The Morgan fingerprint density at radius 1 is 0.923 bits per heavy atom. The van der Waals surface area contributed by atoms with Gasteiger partial charge in [0.15, 0.2) is 0 Å². The van der Waals surface area contributed by atoms with Crippen LogP contribution in [0.5, 0.6) is 0 Å². The highest BCUT2D eigenvalue weighted by molar-refractivity contribution is 5.42. The third-order valence-corrected chi connectivity index (χ3v) is 4.31. The van der Waals surface area contributed by atoms with E-state index in [1.165, 1.54) is 11.9 Å². The van der Waals surface area contributed by atoms with Gasteiger partial charge in [-0.1, -0.05) is 39.8 Å². The number of benzene rings is 1. The lowest BCUT2D eigenvalue weighted by molar-refractivity contribution is 0.726. The Morgan fingerprint density at radius 2 is 1.65 bits per heavy atom. The number of hydrogen-bond acceptors (Lipinski definition) is 5. The summed E-state index contributed by atoms with van der Waals surface area (Å²) in [6, 6.07) is 10.5. The second-order valence-electron chi connectivity index (χ2n) is 7.14. The highest BCUT2D eigenvalue weighted by Gasteiger charge is 2.13. The molecule has 2 heterocycles. The maximum Gasteiger partial charge on any atom is 0.138 e. The first-order valence-electron chi connectivity index (χ1n) is 9.04. The lowest BCUT2D eigenvalue weighted by Gasteiger charge is -2.18. The van der Waals surface area contributed by atoms with Crippen LogP contribution in [0.15, 0.2) is 43.0 Å². The average molecular weight is 350 g/mol. The normalized spacial score (nSPS) is 12.6. The van der Waals surface area contributed by atoms with Gasteiger partial charge in [-0.25, -0.2) is 19.6 Å². The van der Waals surface area contributed by atoms with Gasteiger partial charge in [0.25, 0.3) is 0 Å². The largest absolute Gasteiger partial charge is 0.363 e. The van der Waals surface area contributed by atoms with Crippen LogP contribution in [-0.4, -0.2) is 24.7 Å². The molecule has 0 spiro atoms. The number of rotatable bonds is 6. The first-order chi connectivity index (χ1) is 12.4. The molecule has 0 saturated heterocycles. The molecule has 1 unspecified atom stereocenters. The molecule has 136 valence electrons. The van der Waals surface area contributed by atoms with Gasteiger partial charge < -0.3 is 5.32 Å². The van der Waals surface area contributed by atoms with E-state index in [9.17, 15) is 0 Å². The van der Waals surface area contributed by atoms with Crippen molar-refractivity contribution >= 4 is 5.82 Å². The minimum atomic E-state index is 0.134. The molecule has 1 atom stereocenters. The van der Waals surface area contributed by atoms with Gasteiger partial charge in [0, 0.05) is 23.7 Å². The van der Waals surface area contributed by atoms with E-state index >= 15 is 0 Å². The SMILES string of the molecule is CC(C)c1cc(NC(C)c2ccc(-n3cncn3)cc2)nc(C(C)C)n1. The number of hydrogen-bond donors (Lipinski definition) is 1. The molecule has 6 nitrogen and oxygen atoms in total. The predicted molar refractivity (Wildman–Crippen MR) is 104 cm³/mol. The van der Waals surface area contributed by atoms with Crippen molar-refractivity contribution in [3.8, 4) is 5.69 Å². The Kier molecular flexibility index (Phi) is 5.30. The zero-order valence-electron chi connectivity index (χ0n) is 16.0. The fourth-order valence-corrected chi connectivity index (χ4v) is 2.68. The minimum absolute atomic E-state index is 0.134. The van der Waals surface area contributed by atoms with Gasteiger partial charge in [-0.2, -0.15) is 5.10 Å². The summed E-state index contributed by atoms with van der Waals surface area (Å²) in [4.78, 5) is 13.4. The van der Waals surface area contributed by atoms with Crippen LogP contribution in [0.1, 0.15) is 69.6 Å². The van der Waals surface area contributed by atoms with E-state index in [2.05, 4.69) is 73.2 Å². The highest BCUT2D eigenvalue weighted by atomic mass is 15.3. The molecule has 1 aromatic carbocycles. The van der Waals surface area contributed by atoms with Crippen LogP contribution in [0.2, 0.25) is 0 Å². The number of nitrogens with one attached hydrogen (secondary N) is 1. The zero-order chi connectivity index (χ0) is 18.7. The molecule has 0 aliphatic rings. The molecule has 0 amide bonds. The molecule has 1 N–H and O–H groups in total. The lowest BCUT2D eigenvalue weighted by Crippen LogP contribution is -2.12. The van der Waals surface area contributed by atoms with Crippen LogP contribution in [0.3, 0.4) is 0 Å². The Morgan fingerprint density at radius 3 is 2.23 bits per heavy atom. The van der Waals surface area contributed by atoms with Crippen LogP contribution in [0, 0.1) is 0 Å². The van der Waals surface area contributed by atoms with Crippen LogP contribution < -0.4 is 5.32 Å². The maximum atomic E-state index is 4.69. The van der Waals surface area contributed by atoms with Crippen molar-refractivity contribution in [3.05, 3.63) is 60.1 Å². The van der Waals surface area contributed by atoms with E-state index in [4.69, 9.17) is 4.98 Å². The summed E-state index contributed by atoms with van der Waals surface area (Å²) in [5.74, 6) is 2.42. The van der Waals surface area contributed by atoms with Crippen LogP contribution >= 0.6 is 0 Å². The first-order valence-corrected chi connectivity index (χ1v) is 9.04. The Bertz CT molecular complexity index is 811. The third kappa shape index (κ3) is 4.07. The highest BCUT2D eigenvalue weighted by Crippen LogP contribution is 2.23. The molecule has 0 radical (unpaired) electrons. The van der Waals surface area contributed by atoms with E-state index in [0.29, 0.717) is 11.8 Å². The molecule has 6 heteroatoms. The van der Waals surface area contributed by atoms with Crippen molar-refractivity contribution < 1.29 is 0 Å². The summed E-state index contributed by atoms with van der Waals surface area (Å²) < 4.78 is 1.75. The summed E-state index contributed by atoms with van der Waals surface area (Å²) in [7, 11) is 0.